The Morgan fingerprint density at radius 2 is 2.29 bits per heavy atom. The fourth-order valence-corrected chi connectivity index (χ4v) is 1.84. The van der Waals surface area contributed by atoms with Gasteiger partial charge in [-0.05, 0) is 20.1 Å². The molecule has 1 rings (SSSR count). The van der Waals surface area contributed by atoms with Crippen molar-refractivity contribution in [3.8, 4) is 0 Å². The fourth-order valence-electron chi connectivity index (χ4n) is 1.50. The van der Waals surface area contributed by atoms with Crippen LogP contribution in [0, 0.1) is 0 Å². The Morgan fingerprint density at radius 1 is 1.64 bits per heavy atom. The van der Waals surface area contributed by atoms with E-state index in [1.54, 1.807) is 11.8 Å². The van der Waals surface area contributed by atoms with Crippen LogP contribution in [0.15, 0.2) is 0 Å². The van der Waals surface area contributed by atoms with Gasteiger partial charge in [0.1, 0.15) is 0 Å². The molecule has 0 bridgehead atoms. The monoisotopic (exact) mass is 238 g/mol. The average Bonchev–Trinajstić information content (AvgIpc) is 2.16. The highest BCUT2D eigenvalue weighted by Crippen LogP contribution is 2.12. The molecule has 1 N–H and O–H groups in total. The third kappa shape index (κ3) is 3.33. The second kappa shape index (κ2) is 6.53. The molecular formula is C9H19ClN2OS. The summed E-state index contributed by atoms with van der Waals surface area (Å²) in [6, 6.07) is 0.343. The Labute approximate surface area is 96.4 Å². The first kappa shape index (κ1) is 14.1. The van der Waals surface area contributed by atoms with Gasteiger partial charge >= 0.3 is 0 Å². The maximum Gasteiger partial charge on any atom is 0.235 e. The number of hydrogen-bond acceptors (Lipinski definition) is 3. The van der Waals surface area contributed by atoms with Gasteiger partial charge in [0.05, 0.1) is 5.25 Å². The molecule has 84 valence electrons. The second-order valence-electron chi connectivity index (χ2n) is 3.46. The van der Waals surface area contributed by atoms with Gasteiger partial charge in [0.15, 0.2) is 0 Å². The van der Waals surface area contributed by atoms with Crippen LogP contribution in [0.3, 0.4) is 0 Å². The number of nitrogens with zero attached hydrogens (tertiary/aromatic N) is 1. The minimum absolute atomic E-state index is 0. The largest absolute Gasteiger partial charge is 0.336 e. The van der Waals surface area contributed by atoms with Crippen LogP contribution in [0.4, 0.5) is 0 Å². The second-order valence-corrected chi connectivity index (χ2v) is 4.64. The van der Waals surface area contributed by atoms with E-state index in [9.17, 15) is 4.79 Å². The first-order chi connectivity index (χ1) is 6.16. The van der Waals surface area contributed by atoms with E-state index in [1.165, 1.54) is 0 Å². The van der Waals surface area contributed by atoms with Crippen LogP contribution in [0.25, 0.3) is 0 Å². The summed E-state index contributed by atoms with van der Waals surface area (Å²) in [5.74, 6) is 0.279. The molecule has 1 amide bonds. The van der Waals surface area contributed by atoms with Gasteiger partial charge in [-0.3, -0.25) is 4.79 Å². The zero-order valence-electron chi connectivity index (χ0n) is 8.95. The van der Waals surface area contributed by atoms with Crippen molar-refractivity contribution in [2.24, 2.45) is 0 Å². The third-order valence-electron chi connectivity index (χ3n) is 2.49. The molecule has 0 aromatic heterocycles. The summed E-state index contributed by atoms with van der Waals surface area (Å²) in [6.45, 7) is 6.77. The van der Waals surface area contributed by atoms with E-state index in [-0.39, 0.29) is 23.6 Å². The van der Waals surface area contributed by atoms with Gasteiger partial charge in [-0.25, -0.2) is 0 Å². The Bertz CT molecular complexity index is 192. The minimum Gasteiger partial charge on any atom is -0.336 e. The van der Waals surface area contributed by atoms with Gasteiger partial charge in [0, 0.05) is 25.7 Å². The highest BCUT2D eigenvalue weighted by atomic mass is 35.5. The summed E-state index contributed by atoms with van der Waals surface area (Å²) in [4.78, 5) is 13.8. The van der Waals surface area contributed by atoms with Crippen LogP contribution >= 0.6 is 24.2 Å². The lowest BCUT2D eigenvalue weighted by atomic mass is 10.2. The molecule has 14 heavy (non-hydrogen) atoms. The molecule has 3 nitrogen and oxygen atoms in total. The summed E-state index contributed by atoms with van der Waals surface area (Å²) in [5, 5.41) is 3.37. The number of amides is 1. The van der Waals surface area contributed by atoms with E-state index in [1.807, 2.05) is 18.1 Å². The highest BCUT2D eigenvalue weighted by molar-refractivity contribution is 7.99. The smallest absolute Gasteiger partial charge is 0.235 e. The van der Waals surface area contributed by atoms with Crippen molar-refractivity contribution in [3.63, 3.8) is 0 Å². The highest BCUT2D eigenvalue weighted by Gasteiger charge is 2.25. The number of thioether (sulfide) groups is 1. The van der Waals surface area contributed by atoms with Gasteiger partial charge in [-0.1, -0.05) is 0 Å². The fraction of sp³-hybridized carbons (Fsp3) is 0.889. The standard InChI is InChI=1S/C9H18N2OS.ClH/c1-7-6-10-4-5-11(7)9(12)8(2)13-3;/h7-8,10H,4-6H2,1-3H3;1H. The van der Waals surface area contributed by atoms with Gasteiger partial charge < -0.3 is 10.2 Å². The van der Waals surface area contributed by atoms with Crippen LogP contribution in [0.5, 0.6) is 0 Å². The van der Waals surface area contributed by atoms with Crippen molar-refractivity contribution in [2.45, 2.75) is 25.1 Å². The summed E-state index contributed by atoms with van der Waals surface area (Å²) in [6.07, 6.45) is 1.98. The predicted molar refractivity (Wildman–Crippen MR) is 64.3 cm³/mol. The molecule has 2 atom stereocenters. The van der Waals surface area contributed by atoms with Crippen molar-refractivity contribution >= 4 is 30.1 Å². The zero-order chi connectivity index (χ0) is 9.84. The summed E-state index contributed by atoms with van der Waals surface area (Å²) < 4.78 is 0. The average molecular weight is 239 g/mol. The third-order valence-corrected chi connectivity index (χ3v) is 3.39. The van der Waals surface area contributed by atoms with Gasteiger partial charge in [-0.2, -0.15) is 11.8 Å². The number of carbonyl (C=O) groups excluding carboxylic acids is 1. The normalized spacial score (nSPS) is 23.9. The maximum atomic E-state index is 11.8. The molecule has 0 aromatic rings. The van der Waals surface area contributed by atoms with E-state index in [2.05, 4.69) is 12.2 Å². The lowest BCUT2D eigenvalue weighted by Crippen LogP contribution is -2.54. The molecule has 1 aliphatic rings. The van der Waals surface area contributed by atoms with Crippen LogP contribution in [0.1, 0.15) is 13.8 Å². The molecule has 1 saturated heterocycles. The number of nitrogens with one attached hydrogen (secondary N) is 1. The molecule has 5 heteroatoms. The quantitative estimate of drug-likeness (QED) is 0.779. The van der Waals surface area contributed by atoms with Crippen molar-refractivity contribution in [1.82, 2.24) is 10.2 Å². The number of piperazine rings is 1. The molecule has 1 heterocycles. The summed E-state index contributed by atoms with van der Waals surface area (Å²) >= 11 is 1.62. The van der Waals surface area contributed by atoms with Gasteiger partial charge in [0.2, 0.25) is 5.91 Å². The van der Waals surface area contributed by atoms with Crippen LogP contribution in [-0.2, 0) is 4.79 Å². The van der Waals surface area contributed by atoms with E-state index in [0.717, 1.165) is 19.6 Å². The van der Waals surface area contributed by atoms with Crippen LogP contribution < -0.4 is 5.32 Å². The van der Waals surface area contributed by atoms with Crippen molar-refractivity contribution in [2.75, 3.05) is 25.9 Å². The summed E-state index contributed by atoms with van der Waals surface area (Å²) in [5.41, 5.74) is 0. The molecule has 0 radical (unpaired) electrons. The topological polar surface area (TPSA) is 32.3 Å². The molecule has 2 unspecified atom stereocenters. The maximum absolute atomic E-state index is 11.8. The first-order valence-electron chi connectivity index (χ1n) is 4.70. The summed E-state index contributed by atoms with van der Waals surface area (Å²) in [7, 11) is 0. The Hall–Kier alpha value is 0.0700. The van der Waals surface area contributed by atoms with E-state index < -0.39 is 0 Å². The Balaban J connectivity index is 0.00000169. The SMILES string of the molecule is CSC(C)C(=O)N1CCNCC1C.Cl. The molecular weight excluding hydrogens is 220 g/mol. The number of rotatable bonds is 2. The molecule has 1 aliphatic heterocycles. The van der Waals surface area contributed by atoms with Crippen LogP contribution in [0.2, 0.25) is 0 Å². The van der Waals surface area contributed by atoms with E-state index in [4.69, 9.17) is 0 Å². The van der Waals surface area contributed by atoms with E-state index in [0.29, 0.717) is 6.04 Å². The van der Waals surface area contributed by atoms with Crippen molar-refractivity contribution in [3.05, 3.63) is 0 Å². The number of carbonyl (C=O) groups is 1. The molecule has 0 spiro atoms. The number of halogens is 1. The Kier molecular flexibility index (Phi) is 6.57. The number of hydrogen-bond donors (Lipinski definition) is 1. The van der Waals surface area contributed by atoms with E-state index >= 15 is 0 Å². The molecule has 1 fully saturated rings. The lowest BCUT2D eigenvalue weighted by molar-refractivity contribution is -0.133. The van der Waals surface area contributed by atoms with Gasteiger partial charge in [-0.15, -0.1) is 12.4 Å². The Morgan fingerprint density at radius 3 is 2.79 bits per heavy atom. The first-order valence-corrected chi connectivity index (χ1v) is 5.99. The van der Waals surface area contributed by atoms with Crippen molar-refractivity contribution < 1.29 is 4.79 Å². The molecule has 0 saturated carbocycles. The lowest BCUT2D eigenvalue weighted by Gasteiger charge is -2.35. The minimum atomic E-state index is 0. The molecule has 0 aliphatic carbocycles. The zero-order valence-corrected chi connectivity index (χ0v) is 10.6. The van der Waals surface area contributed by atoms with Crippen LogP contribution in [-0.4, -0.2) is 48.0 Å². The molecule has 0 aromatic carbocycles. The van der Waals surface area contributed by atoms with Gasteiger partial charge in [0.25, 0.3) is 0 Å². The predicted octanol–water partition coefficient (Wildman–Crippen LogP) is 0.980. The van der Waals surface area contributed by atoms with Crippen molar-refractivity contribution in [1.29, 1.82) is 0 Å².